The van der Waals surface area contributed by atoms with Crippen LogP contribution in [-0.2, 0) is 23.1 Å². The fraction of sp³-hybridized carbons (Fsp3) is 0.353. The van der Waals surface area contributed by atoms with E-state index < -0.39 is 10.0 Å². The van der Waals surface area contributed by atoms with Crippen molar-refractivity contribution in [3.05, 3.63) is 52.2 Å². The van der Waals surface area contributed by atoms with Crippen molar-refractivity contribution in [1.29, 1.82) is 0 Å². The lowest BCUT2D eigenvalue weighted by atomic mass is 10.2. The molecule has 0 radical (unpaired) electrons. The average Bonchev–Trinajstić information content (AvgIpc) is 3.25. The Hall–Kier alpha value is -1.90. The first-order valence-corrected chi connectivity index (χ1v) is 10.5. The predicted octanol–water partition coefficient (Wildman–Crippen LogP) is 2.05. The van der Waals surface area contributed by atoms with Crippen molar-refractivity contribution < 1.29 is 8.42 Å². The number of guanidine groups is 1. The van der Waals surface area contributed by atoms with E-state index in [1.54, 1.807) is 30.5 Å². The Labute approximate surface area is 152 Å². The fourth-order valence-corrected chi connectivity index (χ4v) is 4.22. The Morgan fingerprint density at radius 3 is 2.48 bits per heavy atom. The maximum absolute atomic E-state index is 12.1. The highest BCUT2D eigenvalue weighted by Gasteiger charge is 2.27. The van der Waals surface area contributed by atoms with Gasteiger partial charge in [0.15, 0.2) is 5.96 Å². The van der Waals surface area contributed by atoms with E-state index in [9.17, 15) is 8.42 Å². The molecule has 0 atom stereocenters. The van der Waals surface area contributed by atoms with Crippen LogP contribution in [0.15, 0.2) is 51.7 Å². The number of hydrogen-bond donors (Lipinski definition) is 3. The zero-order valence-electron chi connectivity index (χ0n) is 14.0. The van der Waals surface area contributed by atoms with Crippen LogP contribution in [0.4, 0.5) is 0 Å². The van der Waals surface area contributed by atoms with E-state index in [0.717, 1.165) is 24.9 Å². The van der Waals surface area contributed by atoms with Crippen LogP contribution in [0.3, 0.4) is 0 Å². The van der Waals surface area contributed by atoms with E-state index in [1.165, 1.54) is 4.88 Å². The molecular weight excluding hydrogens is 356 g/mol. The number of rotatable bonds is 7. The fourth-order valence-electron chi connectivity index (χ4n) is 2.27. The highest BCUT2D eigenvalue weighted by molar-refractivity contribution is 7.89. The quantitative estimate of drug-likeness (QED) is 0.509. The van der Waals surface area contributed by atoms with E-state index in [1.807, 2.05) is 23.6 Å². The molecule has 6 nitrogen and oxygen atoms in total. The summed E-state index contributed by atoms with van der Waals surface area (Å²) < 4.78 is 27.0. The Bertz CT molecular complexity index is 811. The number of aliphatic imine (C=N–C) groups is 1. The van der Waals surface area contributed by atoms with E-state index in [0.29, 0.717) is 17.4 Å². The number of benzene rings is 1. The second-order valence-electron chi connectivity index (χ2n) is 5.90. The monoisotopic (exact) mass is 378 g/mol. The third-order valence-electron chi connectivity index (χ3n) is 3.83. The van der Waals surface area contributed by atoms with Gasteiger partial charge in [0, 0.05) is 24.5 Å². The Morgan fingerprint density at radius 1 is 1.16 bits per heavy atom. The second-order valence-corrected chi connectivity index (χ2v) is 8.64. The van der Waals surface area contributed by atoms with Gasteiger partial charge < -0.3 is 10.6 Å². The highest BCUT2D eigenvalue weighted by atomic mass is 32.2. The minimum atomic E-state index is -3.39. The number of thiophene rings is 1. The summed E-state index contributed by atoms with van der Waals surface area (Å²) in [6.45, 7) is 1.29. The molecule has 3 rings (SSSR count). The Morgan fingerprint density at radius 2 is 1.88 bits per heavy atom. The summed E-state index contributed by atoms with van der Waals surface area (Å²) in [4.78, 5) is 5.74. The average molecular weight is 379 g/mol. The molecule has 0 bridgehead atoms. The topological polar surface area (TPSA) is 82.6 Å². The van der Waals surface area contributed by atoms with Gasteiger partial charge >= 0.3 is 0 Å². The molecule has 3 N–H and O–H groups in total. The molecule has 0 spiro atoms. The van der Waals surface area contributed by atoms with Crippen LogP contribution in [0.5, 0.6) is 0 Å². The number of nitrogens with zero attached hydrogens (tertiary/aromatic N) is 1. The smallest absolute Gasteiger partial charge is 0.240 e. The molecule has 134 valence electrons. The van der Waals surface area contributed by atoms with Gasteiger partial charge in [-0.05, 0) is 42.0 Å². The summed E-state index contributed by atoms with van der Waals surface area (Å²) in [5.41, 5.74) is 0.990. The molecule has 1 aliphatic carbocycles. The summed E-state index contributed by atoms with van der Waals surface area (Å²) in [6, 6.07) is 11.1. The first-order chi connectivity index (χ1) is 12.1. The molecule has 1 aliphatic rings. The molecule has 1 aromatic carbocycles. The normalized spacial score (nSPS) is 15.2. The summed E-state index contributed by atoms with van der Waals surface area (Å²) in [5, 5.41) is 8.52. The van der Waals surface area contributed by atoms with Gasteiger partial charge in [0.2, 0.25) is 10.0 Å². The molecule has 2 aromatic rings. The molecule has 25 heavy (non-hydrogen) atoms. The van der Waals surface area contributed by atoms with E-state index in [4.69, 9.17) is 0 Å². The van der Waals surface area contributed by atoms with E-state index >= 15 is 0 Å². The van der Waals surface area contributed by atoms with E-state index in [2.05, 4.69) is 26.4 Å². The minimum absolute atomic E-state index is 0.115. The Kier molecular flexibility index (Phi) is 5.72. The van der Waals surface area contributed by atoms with Crippen molar-refractivity contribution >= 4 is 27.3 Å². The van der Waals surface area contributed by atoms with Crippen molar-refractivity contribution in [3.63, 3.8) is 0 Å². The largest absolute Gasteiger partial charge is 0.352 e. The lowest BCUT2D eigenvalue weighted by Crippen LogP contribution is -2.36. The molecule has 0 saturated heterocycles. The Balaban J connectivity index is 1.52. The van der Waals surface area contributed by atoms with E-state index in [-0.39, 0.29) is 6.04 Å². The predicted molar refractivity (Wildman–Crippen MR) is 101 cm³/mol. The van der Waals surface area contributed by atoms with Crippen molar-refractivity contribution in [3.8, 4) is 0 Å². The van der Waals surface area contributed by atoms with Crippen LogP contribution >= 0.6 is 11.3 Å². The third-order valence-corrected chi connectivity index (χ3v) is 6.24. The van der Waals surface area contributed by atoms with Crippen LogP contribution in [0.2, 0.25) is 0 Å². The van der Waals surface area contributed by atoms with Gasteiger partial charge in [-0.1, -0.05) is 18.2 Å². The van der Waals surface area contributed by atoms with Crippen molar-refractivity contribution in [2.75, 3.05) is 7.05 Å². The van der Waals surface area contributed by atoms with Crippen LogP contribution < -0.4 is 15.4 Å². The van der Waals surface area contributed by atoms with Gasteiger partial charge in [0.1, 0.15) is 0 Å². The van der Waals surface area contributed by atoms with Gasteiger partial charge in [-0.15, -0.1) is 11.3 Å². The maximum atomic E-state index is 12.1. The molecule has 1 saturated carbocycles. The van der Waals surface area contributed by atoms with Gasteiger partial charge in [-0.3, -0.25) is 4.99 Å². The molecule has 1 aromatic heterocycles. The van der Waals surface area contributed by atoms with Crippen LogP contribution in [0.25, 0.3) is 0 Å². The molecular formula is C17H22N4O2S2. The summed E-state index contributed by atoms with van der Waals surface area (Å²) >= 11 is 1.69. The SMILES string of the molecule is CN=C(NCc1ccc(S(=O)(=O)NC2CC2)cc1)NCc1cccs1. The number of sulfonamides is 1. The first-order valence-electron chi connectivity index (χ1n) is 8.15. The zero-order chi connectivity index (χ0) is 17.7. The molecule has 0 aliphatic heterocycles. The van der Waals surface area contributed by atoms with Crippen LogP contribution in [0.1, 0.15) is 23.3 Å². The first kappa shape index (κ1) is 17.9. The number of nitrogens with one attached hydrogen (secondary N) is 3. The van der Waals surface area contributed by atoms with Crippen molar-refractivity contribution in [1.82, 2.24) is 15.4 Å². The summed E-state index contributed by atoms with van der Waals surface area (Å²) in [6.07, 6.45) is 1.86. The standard InChI is InChI=1S/C17H22N4O2S2/c1-18-17(20-12-15-3-2-10-24-15)19-11-13-4-8-16(9-5-13)25(22,23)21-14-6-7-14/h2-5,8-10,14,21H,6-7,11-12H2,1H3,(H2,18,19,20). The summed E-state index contributed by atoms with van der Waals surface area (Å²) in [5.74, 6) is 0.709. The van der Waals surface area contributed by atoms with Gasteiger partial charge in [-0.25, -0.2) is 13.1 Å². The molecule has 8 heteroatoms. The second kappa shape index (κ2) is 7.99. The maximum Gasteiger partial charge on any atom is 0.240 e. The van der Waals surface area contributed by atoms with Gasteiger partial charge in [0.05, 0.1) is 11.4 Å². The lowest BCUT2D eigenvalue weighted by Gasteiger charge is -2.12. The van der Waals surface area contributed by atoms with Crippen LogP contribution in [-0.4, -0.2) is 27.5 Å². The van der Waals surface area contributed by atoms with Crippen molar-refractivity contribution in [2.24, 2.45) is 4.99 Å². The number of hydrogen-bond acceptors (Lipinski definition) is 4. The molecule has 1 fully saturated rings. The summed E-state index contributed by atoms with van der Waals surface area (Å²) in [7, 11) is -1.66. The molecule has 0 amide bonds. The lowest BCUT2D eigenvalue weighted by molar-refractivity contribution is 0.581. The van der Waals surface area contributed by atoms with Gasteiger partial charge in [0.25, 0.3) is 0 Å². The zero-order valence-corrected chi connectivity index (χ0v) is 15.7. The highest BCUT2D eigenvalue weighted by Crippen LogP contribution is 2.22. The minimum Gasteiger partial charge on any atom is -0.352 e. The third kappa shape index (κ3) is 5.29. The van der Waals surface area contributed by atoms with Crippen LogP contribution in [0, 0.1) is 0 Å². The molecule has 0 unspecified atom stereocenters. The van der Waals surface area contributed by atoms with Gasteiger partial charge in [-0.2, -0.15) is 0 Å². The molecule has 1 heterocycles. The van der Waals surface area contributed by atoms with Crippen molar-refractivity contribution in [2.45, 2.75) is 36.9 Å².